The molecule has 0 aromatic carbocycles. The van der Waals surface area contributed by atoms with Crippen LogP contribution in [0, 0.1) is 0 Å². The third-order valence-corrected chi connectivity index (χ3v) is 5.98. The molecule has 6 heteroatoms. The van der Waals surface area contributed by atoms with Crippen molar-refractivity contribution in [3.8, 4) is 0 Å². The van der Waals surface area contributed by atoms with Gasteiger partial charge in [0.1, 0.15) is 0 Å². The Balaban J connectivity index is 1.79. The predicted octanol–water partition coefficient (Wildman–Crippen LogP) is 2.49. The topological polar surface area (TPSA) is 49.6 Å². The van der Waals surface area contributed by atoms with Gasteiger partial charge >= 0.3 is 0 Å². The molecule has 116 valence electrons. The molecule has 3 heterocycles. The summed E-state index contributed by atoms with van der Waals surface area (Å²) in [5.74, 6) is 0.315. The highest BCUT2D eigenvalue weighted by Crippen LogP contribution is 2.35. The van der Waals surface area contributed by atoms with E-state index in [1.54, 1.807) is 11.3 Å². The number of piperazine rings is 1. The second kappa shape index (κ2) is 6.24. The maximum Gasteiger partial charge on any atom is 0.222 e. The van der Waals surface area contributed by atoms with Gasteiger partial charge in [-0.15, -0.1) is 11.3 Å². The summed E-state index contributed by atoms with van der Waals surface area (Å²) in [6.07, 6.45) is 2.62. The molecule has 3 atom stereocenters. The Labute approximate surface area is 134 Å². The Morgan fingerprint density at radius 2 is 2.29 bits per heavy atom. The molecule has 2 saturated heterocycles. The molecule has 2 aliphatic heterocycles. The highest BCUT2D eigenvalue weighted by atomic mass is 35.5. The van der Waals surface area contributed by atoms with Gasteiger partial charge in [-0.3, -0.25) is 9.69 Å². The molecule has 1 aromatic heterocycles. The smallest absolute Gasteiger partial charge is 0.222 e. The molecule has 1 amide bonds. The number of nitrogens with two attached hydrogens (primary N) is 1. The minimum atomic E-state index is 0.100. The molecule has 4 nitrogen and oxygen atoms in total. The molecule has 2 fully saturated rings. The van der Waals surface area contributed by atoms with E-state index in [2.05, 4.69) is 17.9 Å². The number of amides is 1. The normalized spacial score (nSPS) is 26.0. The molecule has 21 heavy (non-hydrogen) atoms. The minimum Gasteiger partial charge on any atom is -0.337 e. The number of hydrogen-bond acceptors (Lipinski definition) is 4. The van der Waals surface area contributed by atoms with Crippen LogP contribution in [0.4, 0.5) is 0 Å². The summed E-state index contributed by atoms with van der Waals surface area (Å²) in [6, 6.07) is 4.73. The lowest BCUT2D eigenvalue weighted by atomic mass is 10.0. The van der Waals surface area contributed by atoms with Crippen LogP contribution in [0.2, 0.25) is 4.34 Å². The van der Waals surface area contributed by atoms with Gasteiger partial charge in [0.15, 0.2) is 0 Å². The fourth-order valence-corrected chi connectivity index (χ4v) is 4.79. The van der Waals surface area contributed by atoms with Crippen molar-refractivity contribution < 1.29 is 4.79 Å². The van der Waals surface area contributed by atoms with Crippen LogP contribution in [-0.4, -0.2) is 47.4 Å². The molecule has 2 aliphatic rings. The average Bonchev–Trinajstić information content (AvgIpc) is 3.06. The first-order chi connectivity index (χ1) is 10.1. The third kappa shape index (κ3) is 2.97. The summed E-state index contributed by atoms with van der Waals surface area (Å²) in [5.41, 5.74) is 6.40. The standard InChI is InChI=1S/C15H22ClN3OS/c1-2-11(17)15(12-4-5-13(16)21-12)18-7-8-19-10(9-18)3-6-14(19)20/h4-5,10-11,15H,2-3,6-9,17H2,1H3. The number of thiophene rings is 1. The van der Waals surface area contributed by atoms with E-state index in [0.29, 0.717) is 18.4 Å². The Bertz CT molecular complexity index is 521. The van der Waals surface area contributed by atoms with Crippen molar-refractivity contribution in [1.82, 2.24) is 9.80 Å². The van der Waals surface area contributed by atoms with Crippen molar-refractivity contribution in [1.29, 1.82) is 0 Å². The van der Waals surface area contributed by atoms with Gasteiger partial charge in [-0.1, -0.05) is 18.5 Å². The molecule has 0 bridgehead atoms. The van der Waals surface area contributed by atoms with Crippen LogP contribution in [0.5, 0.6) is 0 Å². The van der Waals surface area contributed by atoms with Gasteiger partial charge in [-0.25, -0.2) is 0 Å². The fraction of sp³-hybridized carbons (Fsp3) is 0.667. The van der Waals surface area contributed by atoms with Crippen LogP contribution in [0.1, 0.15) is 37.1 Å². The summed E-state index contributed by atoms with van der Waals surface area (Å²) in [7, 11) is 0. The van der Waals surface area contributed by atoms with E-state index < -0.39 is 0 Å². The van der Waals surface area contributed by atoms with Crippen LogP contribution in [0.15, 0.2) is 12.1 Å². The summed E-state index contributed by atoms with van der Waals surface area (Å²) in [6.45, 7) is 4.79. The Kier molecular flexibility index (Phi) is 4.54. The van der Waals surface area contributed by atoms with Crippen molar-refractivity contribution in [3.05, 3.63) is 21.3 Å². The lowest BCUT2D eigenvalue weighted by molar-refractivity contribution is -0.131. The quantitative estimate of drug-likeness (QED) is 0.924. The first-order valence-electron chi connectivity index (χ1n) is 7.64. The molecule has 0 radical (unpaired) electrons. The van der Waals surface area contributed by atoms with E-state index in [9.17, 15) is 4.79 Å². The van der Waals surface area contributed by atoms with Crippen molar-refractivity contribution in [3.63, 3.8) is 0 Å². The summed E-state index contributed by atoms with van der Waals surface area (Å²) < 4.78 is 0.813. The largest absolute Gasteiger partial charge is 0.337 e. The summed E-state index contributed by atoms with van der Waals surface area (Å²) in [4.78, 5) is 17.6. The summed E-state index contributed by atoms with van der Waals surface area (Å²) >= 11 is 7.73. The van der Waals surface area contributed by atoms with Crippen LogP contribution in [0.25, 0.3) is 0 Å². The second-order valence-electron chi connectivity index (χ2n) is 5.93. The zero-order chi connectivity index (χ0) is 15.0. The van der Waals surface area contributed by atoms with E-state index in [0.717, 1.165) is 36.8 Å². The zero-order valence-corrected chi connectivity index (χ0v) is 13.9. The Hall–Kier alpha value is -0.620. The van der Waals surface area contributed by atoms with Gasteiger partial charge in [0.25, 0.3) is 0 Å². The third-order valence-electron chi connectivity index (χ3n) is 4.68. The molecule has 0 aliphatic carbocycles. The van der Waals surface area contributed by atoms with E-state index >= 15 is 0 Å². The van der Waals surface area contributed by atoms with E-state index in [4.69, 9.17) is 17.3 Å². The first kappa shape index (κ1) is 15.3. The fourth-order valence-electron chi connectivity index (χ4n) is 3.51. The van der Waals surface area contributed by atoms with Crippen molar-refractivity contribution in [2.45, 2.75) is 44.3 Å². The number of rotatable bonds is 4. The van der Waals surface area contributed by atoms with Crippen molar-refractivity contribution in [2.75, 3.05) is 19.6 Å². The average molecular weight is 328 g/mol. The second-order valence-corrected chi connectivity index (χ2v) is 7.68. The molecule has 3 unspecified atom stereocenters. The number of halogens is 1. The zero-order valence-electron chi connectivity index (χ0n) is 12.3. The molecule has 1 aromatic rings. The molecule has 0 saturated carbocycles. The van der Waals surface area contributed by atoms with Gasteiger partial charge in [0.2, 0.25) is 5.91 Å². The molecular weight excluding hydrogens is 306 g/mol. The van der Waals surface area contributed by atoms with E-state index in [1.807, 2.05) is 11.0 Å². The van der Waals surface area contributed by atoms with Gasteiger partial charge in [0.05, 0.1) is 10.4 Å². The molecule has 3 rings (SSSR count). The minimum absolute atomic E-state index is 0.100. The van der Waals surface area contributed by atoms with Gasteiger partial charge in [0, 0.05) is 43.0 Å². The Morgan fingerprint density at radius 1 is 1.48 bits per heavy atom. The van der Waals surface area contributed by atoms with Crippen LogP contribution in [0.3, 0.4) is 0 Å². The van der Waals surface area contributed by atoms with E-state index in [1.165, 1.54) is 4.88 Å². The predicted molar refractivity (Wildman–Crippen MR) is 86.6 cm³/mol. The molecule has 2 N–H and O–H groups in total. The molecular formula is C15H22ClN3OS. The number of carbonyl (C=O) groups is 1. The first-order valence-corrected chi connectivity index (χ1v) is 8.84. The number of fused-ring (bicyclic) bond motifs is 1. The number of hydrogen-bond donors (Lipinski definition) is 1. The van der Waals surface area contributed by atoms with Crippen molar-refractivity contribution >= 4 is 28.8 Å². The lowest BCUT2D eigenvalue weighted by Crippen LogP contribution is -2.54. The Morgan fingerprint density at radius 3 is 2.95 bits per heavy atom. The van der Waals surface area contributed by atoms with Gasteiger partial charge in [-0.2, -0.15) is 0 Å². The highest BCUT2D eigenvalue weighted by molar-refractivity contribution is 7.16. The van der Waals surface area contributed by atoms with E-state index in [-0.39, 0.29) is 12.1 Å². The molecule has 0 spiro atoms. The highest BCUT2D eigenvalue weighted by Gasteiger charge is 2.39. The number of nitrogens with zero attached hydrogens (tertiary/aromatic N) is 2. The van der Waals surface area contributed by atoms with Gasteiger partial charge in [-0.05, 0) is 25.0 Å². The maximum atomic E-state index is 11.8. The van der Waals surface area contributed by atoms with Crippen LogP contribution >= 0.6 is 22.9 Å². The monoisotopic (exact) mass is 327 g/mol. The lowest BCUT2D eigenvalue weighted by Gasteiger charge is -2.43. The summed E-state index contributed by atoms with van der Waals surface area (Å²) in [5, 5.41) is 0. The maximum absolute atomic E-state index is 11.8. The SMILES string of the molecule is CCC(N)C(c1ccc(Cl)s1)N1CCN2C(=O)CCC2C1. The van der Waals surface area contributed by atoms with Crippen LogP contribution in [-0.2, 0) is 4.79 Å². The van der Waals surface area contributed by atoms with Crippen LogP contribution < -0.4 is 5.73 Å². The van der Waals surface area contributed by atoms with Gasteiger partial charge < -0.3 is 10.6 Å². The number of carbonyl (C=O) groups excluding carboxylic acids is 1. The van der Waals surface area contributed by atoms with Crippen molar-refractivity contribution in [2.24, 2.45) is 5.73 Å².